The minimum absolute atomic E-state index is 0.00144. The van der Waals surface area contributed by atoms with Gasteiger partial charge in [0.1, 0.15) is 35.8 Å². The fourth-order valence-electron chi connectivity index (χ4n) is 5.71. The fraction of sp³-hybridized carbons (Fsp3) is 0.571. The molecule has 270 valence electrons. The van der Waals surface area contributed by atoms with Crippen molar-refractivity contribution in [2.45, 2.75) is 90.8 Å². The van der Waals surface area contributed by atoms with Crippen LogP contribution in [0.2, 0.25) is 0 Å². The Bertz CT molecular complexity index is 1480. The number of hydrogen-bond acceptors (Lipinski definition) is 8. The van der Waals surface area contributed by atoms with Gasteiger partial charge in [-0.3, -0.25) is 19.4 Å². The molecule has 2 amide bonds. The Labute approximate surface area is 284 Å². The van der Waals surface area contributed by atoms with Gasteiger partial charge in [0.25, 0.3) is 0 Å². The number of hydrogen-bond donors (Lipinski definition) is 1. The lowest BCUT2D eigenvalue weighted by Gasteiger charge is -2.31. The van der Waals surface area contributed by atoms with E-state index in [4.69, 9.17) is 18.9 Å². The molecule has 0 spiro atoms. The molecule has 4 rings (SSSR count). The summed E-state index contributed by atoms with van der Waals surface area (Å²) in [5.41, 5.74) is -2.43. The Balaban J connectivity index is 1.81. The van der Waals surface area contributed by atoms with E-state index in [1.165, 1.54) is 31.7 Å². The highest BCUT2D eigenvalue weighted by Crippen LogP contribution is 2.46. The second-order valence-corrected chi connectivity index (χ2v) is 14.2. The summed E-state index contributed by atoms with van der Waals surface area (Å²) < 4.78 is 81.3. The van der Waals surface area contributed by atoms with E-state index in [9.17, 15) is 27.6 Å². The summed E-state index contributed by atoms with van der Waals surface area (Å²) in [5, 5.41) is 3.35. The lowest BCUT2D eigenvalue weighted by molar-refractivity contribution is -0.171. The van der Waals surface area contributed by atoms with E-state index in [2.05, 4.69) is 5.32 Å². The number of carbonyl (C=O) groups is 3. The van der Waals surface area contributed by atoms with Gasteiger partial charge in [-0.2, -0.15) is 13.2 Å². The molecule has 1 atom stereocenters. The lowest BCUT2D eigenvalue weighted by Crippen LogP contribution is -2.47. The van der Waals surface area contributed by atoms with Crippen LogP contribution in [-0.4, -0.2) is 74.2 Å². The molecule has 2 heterocycles. The van der Waals surface area contributed by atoms with Crippen LogP contribution >= 0.6 is 0 Å². The van der Waals surface area contributed by atoms with Crippen LogP contribution in [0.5, 0.6) is 5.75 Å². The van der Waals surface area contributed by atoms with E-state index < -0.39 is 65.2 Å². The smallest absolute Gasteiger partial charge is 0.471 e. The number of benzene rings is 2. The number of nitrogens with zero attached hydrogens (tertiary/aromatic N) is 2. The van der Waals surface area contributed by atoms with Crippen LogP contribution in [0.25, 0.3) is 0 Å². The number of amides is 2. The third kappa shape index (κ3) is 10.3. The predicted octanol–water partition coefficient (Wildman–Crippen LogP) is 6.32. The second kappa shape index (κ2) is 15.3. The van der Waals surface area contributed by atoms with Gasteiger partial charge >= 0.3 is 24.1 Å². The minimum Gasteiger partial charge on any atom is -0.487 e. The van der Waals surface area contributed by atoms with Gasteiger partial charge in [0.15, 0.2) is 5.82 Å². The molecule has 2 aliphatic heterocycles. The maximum atomic E-state index is 16.9. The molecule has 0 radical (unpaired) electrons. The van der Waals surface area contributed by atoms with E-state index in [-0.39, 0.29) is 35.7 Å². The molecule has 2 aromatic carbocycles. The van der Waals surface area contributed by atoms with Crippen molar-refractivity contribution >= 4 is 29.3 Å². The summed E-state index contributed by atoms with van der Waals surface area (Å²) in [6.07, 6.45) is -4.68. The standard InChI is InChI=1S/C35H45F4N3O7/c1-33(2,3)48-28(43)20-41(31(44)35(37,38)39)30-27(47-21-23-10-8-7-9-11-23)17-26-25(29(30)36)16-24(42(26)32(45)49-34(4,5)6)19-40-18-22-12-14-46-15-13-22/h7-11,17,22,24,40H,12-16,18-21H2,1-6H3/t24-/m1/s1. The molecule has 2 aliphatic rings. The monoisotopic (exact) mass is 695 g/mol. The molecule has 0 unspecified atom stereocenters. The maximum Gasteiger partial charge on any atom is 0.471 e. The van der Waals surface area contributed by atoms with Crippen molar-refractivity contribution in [3.8, 4) is 5.75 Å². The number of halogens is 4. The Kier molecular flexibility index (Phi) is 11.9. The number of nitrogens with one attached hydrogen (secondary N) is 1. The summed E-state index contributed by atoms with van der Waals surface area (Å²) >= 11 is 0. The molecule has 0 bridgehead atoms. The normalized spacial score (nSPS) is 17.0. The average molecular weight is 696 g/mol. The first-order chi connectivity index (χ1) is 22.8. The van der Waals surface area contributed by atoms with Gasteiger partial charge in [0, 0.05) is 31.4 Å². The van der Waals surface area contributed by atoms with Crippen molar-refractivity contribution in [2.24, 2.45) is 5.92 Å². The van der Waals surface area contributed by atoms with Gasteiger partial charge in [-0.25, -0.2) is 9.18 Å². The molecular formula is C35H45F4N3O7. The van der Waals surface area contributed by atoms with Gasteiger partial charge < -0.3 is 24.3 Å². The minimum atomic E-state index is -5.48. The van der Waals surface area contributed by atoms with Crippen LogP contribution in [0, 0.1) is 11.7 Å². The van der Waals surface area contributed by atoms with Gasteiger partial charge in [-0.15, -0.1) is 0 Å². The lowest BCUT2D eigenvalue weighted by atomic mass is 10.0. The van der Waals surface area contributed by atoms with Crippen molar-refractivity contribution in [3.05, 3.63) is 53.3 Å². The number of rotatable bonds is 10. The molecule has 1 fully saturated rings. The van der Waals surface area contributed by atoms with Crippen LogP contribution in [0.3, 0.4) is 0 Å². The largest absolute Gasteiger partial charge is 0.487 e. The zero-order valence-corrected chi connectivity index (χ0v) is 28.7. The zero-order valence-electron chi connectivity index (χ0n) is 28.7. The topological polar surface area (TPSA) is 107 Å². The zero-order chi connectivity index (χ0) is 36.1. The van der Waals surface area contributed by atoms with Crippen molar-refractivity contribution in [1.29, 1.82) is 0 Å². The van der Waals surface area contributed by atoms with E-state index >= 15 is 4.39 Å². The van der Waals surface area contributed by atoms with Crippen LogP contribution in [0.15, 0.2) is 36.4 Å². The van der Waals surface area contributed by atoms with Gasteiger partial charge in [-0.05, 0) is 78.8 Å². The number of alkyl halides is 3. The average Bonchev–Trinajstić information content (AvgIpc) is 3.36. The molecular weight excluding hydrogens is 650 g/mol. The van der Waals surface area contributed by atoms with Crippen molar-refractivity contribution < 1.29 is 50.9 Å². The molecule has 2 aromatic rings. The number of esters is 1. The number of carbonyl (C=O) groups excluding carboxylic acids is 3. The molecule has 0 aliphatic carbocycles. The van der Waals surface area contributed by atoms with Gasteiger partial charge in [0.05, 0.1) is 11.7 Å². The van der Waals surface area contributed by atoms with Crippen molar-refractivity contribution in [3.63, 3.8) is 0 Å². The first-order valence-corrected chi connectivity index (χ1v) is 16.3. The van der Waals surface area contributed by atoms with Crippen LogP contribution in [0.1, 0.15) is 65.5 Å². The third-order valence-corrected chi connectivity index (χ3v) is 7.79. The molecule has 1 N–H and O–H groups in total. The molecule has 1 saturated heterocycles. The summed E-state index contributed by atoms with van der Waals surface area (Å²) in [6, 6.07) is 9.09. The van der Waals surface area contributed by atoms with Gasteiger partial charge in [0.2, 0.25) is 0 Å². The first-order valence-electron chi connectivity index (χ1n) is 16.3. The summed E-state index contributed by atoms with van der Waals surface area (Å²) in [4.78, 5) is 40.7. The Morgan fingerprint density at radius 3 is 2.18 bits per heavy atom. The third-order valence-electron chi connectivity index (χ3n) is 7.79. The molecule has 14 heteroatoms. The summed E-state index contributed by atoms with van der Waals surface area (Å²) in [7, 11) is 0. The van der Waals surface area contributed by atoms with E-state index in [1.807, 2.05) is 0 Å². The maximum absolute atomic E-state index is 16.9. The Hall–Kier alpha value is -3.91. The van der Waals surface area contributed by atoms with Crippen LogP contribution in [0.4, 0.5) is 33.7 Å². The highest BCUT2D eigenvalue weighted by molar-refractivity contribution is 6.03. The van der Waals surface area contributed by atoms with E-state index in [0.29, 0.717) is 31.2 Å². The van der Waals surface area contributed by atoms with Gasteiger partial charge in [-0.1, -0.05) is 30.3 Å². The number of anilines is 2. The van der Waals surface area contributed by atoms with Crippen molar-refractivity contribution in [1.82, 2.24) is 5.32 Å². The SMILES string of the molecule is CC(C)(C)OC(=O)CN(C(=O)C(F)(F)F)c1c(OCc2ccccc2)cc2c(c1F)C[C@H](CNCC1CCOCC1)N2C(=O)OC(C)(C)C. The fourth-order valence-corrected chi connectivity index (χ4v) is 5.71. The highest BCUT2D eigenvalue weighted by Gasteiger charge is 2.47. The van der Waals surface area contributed by atoms with Crippen LogP contribution in [-0.2, 0) is 36.8 Å². The predicted molar refractivity (Wildman–Crippen MR) is 174 cm³/mol. The van der Waals surface area contributed by atoms with E-state index in [0.717, 1.165) is 12.8 Å². The molecule has 0 saturated carbocycles. The number of ether oxygens (including phenoxy) is 4. The molecule has 0 aromatic heterocycles. The summed E-state index contributed by atoms with van der Waals surface area (Å²) in [6.45, 7) is 10.2. The second-order valence-electron chi connectivity index (χ2n) is 14.2. The Morgan fingerprint density at radius 1 is 0.959 bits per heavy atom. The van der Waals surface area contributed by atoms with Crippen LogP contribution < -0.4 is 19.9 Å². The quantitative estimate of drug-likeness (QED) is 0.227. The van der Waals surface area contributed by atoms with Crippen molar-refractivity contribution in [2.75, 3.05) is 42.6 Å². The molecule has 10 nitrogen and oxygen atoms in total. The first kappa shape index (κ1) is 37.9. The van der Waals surface area contributed by atoms with E-state index in [1.54, 1.807) is 51.1 Å². The number of fused-ring (bicyclic) bond motifs is 1. The summed E-state index contributed by atoms with van der Waals surface area (Å²) in [5.74, 6) is -5.06. The highest BCUT2D eigenvalue weighted by atomic mass is 19.4. The Morgan fingerprint density at radius 2 is 1.59 bits per heavy atom. The molecule has 49 heavy (non-hydrogen) atoms.